The summed E-state index contributed by atoms with van der Waals surface area (Å²) < 4.78 is 41.8. The highest BCUT2D eigenvalue weighted by atomic mass is 35.5. The average Bonchev–Trinajstić information content (AvgIpc) is 2.80. The van der Waals surface area contributed by atoms with Crippen molar-refractivity contribution in [1.82, 2.24) is 9.78 Å². The number of halogens is 1. The quantitative estimate of drug-likeness (QED) is 0.283. The number of hydrogen-bond donors (Lipinski definition) is 0. The molecule has 10 heteroatoms. The number of nitrogens with zero attached hydrogens (tertiary/aromatic N) is 2. The second kappa shape index (κ2) is 11.6. The molecule has 2 aromatic carbocycles. The van der Waals surface area contributed by atoms with Crippen molar-refractivity contribution in [2.75, 3.05) is 13.2 Å². The van der Waals surface area contributed by atoms with Crippen LogP contribution in [-0.2, 0) is 32.3 Å². The van der Waals surface area contributed by atoms with Crippen LogP contribution in [0.4, 0.5) is 0 Å². The first-order valence-corrected chi connectivity index (χ1v) is 12.5. The van der Waals surface area contributed by atoms with Crippen LogP contribution in [0.3, 0.4) is 0 Å². The Balaban J connectivity index is 1.43. The number of ether oxygens (including phenoxy) is 2. The fourth-order valence-corrected chi connectivity index (χ4v) is 4.04. The van der Waals surface area contributed by atoms with E-state index in [2.05, 4.69) is 5.10 Å². The van der Waals surface area contributed by atoms with Crippen molar-refractivity contribution in [1.29, 1.82) is 0 Å². The van der Waals surface area contributed by atoms with Crippen LogP contribution in [0.5, 0.6) is 5.75 Å². The van der Waals surface area contributed by atoms with Crippen molar-refractivity contribution in [2.24, 2.45) is 0 Å². The topological polar surface area (TPSA) is 96.7 Å². The Labute approximate surface area is 204 Å². The van der Waals surface area contributed by atoms with Gasteiger partial charge in [0, 0.05) is 0 Å². The predicted octanol–water partition coefficient (Wildman–Crippen LogP) is 4.29. The zero-order valence-electron chi connectivity index (χ0n) is 19.2. The molecule has 0 N–H and O–H groups in total. The Bertz CT molecular complexity index is 1260. The van der Waals surface area contributed by atoms with Gasteiger partial charge in [-0.25, -0.2) is 4.68 Å². The zero-order valence-corrected chi connectivity index (χ0v) is 20.8. The Morgan fingerprint density at radius 3 is 2.21 bits per heavy atom. The van der Waals surface area contributed by atoms with Gasteiger partial charge >= 0.3 is 0 Å². The fourth-order valence-electron chi connectivity index (χ4n) is 2.96. The van der Waals surface area contributed by atoms with Crippen molar-refractivity contribution < 1.29 is 22.1 Å². The van der Waals surface area contributed by atoms with E-state index in [9.17, 15) is 13.2 Å². The van der Waals surface area contributed by atoms with E-state index < -0.39 is 15.7 Å². The maximum Gasteiger partial charge on any atom is 0.297 e. The molecule has 34 heavy (non-hydrogen) atoms. The molecule has 0 radical (unpaired) electrons. The van der Waals surface area contributed by atoms with E-state index in [0.717, 1.165) is 16.7 Å². The zero-order chi connectivity index (χ0) is 24.7. The van der Waals surface area contributed by atoms with Gasteiger partial charge in [0.1, 0.15) is 6.61 Å². The van der Waals surface area contributed by atoms with Gasteiger partial charge in [0.25, 0.3) is 15.7 Å². The molecular formula is C24H27ClN2O6S. The Morgan fingerprint density at radius 2 is 1.59 bits per heavy atom. The summed E-state index contributed by atoms with van der Waals surface area (Å²) in [4.78, 5) is 12.3. The monoisotopic (exact) mass is 506 g/mol. The van der Waals surface area contributed by atoms with Gasteiger partial charge in [0.05, 0.1) is 37.0 Å². The minimum Gasteiger partial charge on any atom is -0.485 e. The minimum absolute atomic E-state index is 0.000307. The maximum absolute atomic E-state index is 12.2. The van der Waals surface area contributed by atoms with Crippen LogP contribution >= 0.6 is 11.6 Å². The summed E-state index contributed by atoms with van der Waals surface area (Å²) in [6, 6.07) is 13.9. The molecule has 3 rings (SSSR count). The summed E-state index contributed by atoms with van der Waals surface area (Å²) in [6.07, 6.45) is 1.44. The lowest BCUT2D eigenvalue weighted by Gasteiger charge is -2.12. The molecule has 3 aromatic rings. The molecule has 182 valence electrons. The van der Waals surface area contributed by atoms with Crippen molar-refractivity contribution >= 4 is 21.7 Å². The lowest BCUT2D eigenvalue weighted by atomic mass is 10.1. The number of aryl methyl sites for hydroxylation is 1. The number of benzene rings is 2. The van der Waals surface area contributed by atoms with Crippen LogP contribution < -0.4 is 10.3 Å². The van der Waals surface area contributed by atoms with Crippen LogP contribution in [0.1, 0.15) is 36.6 Å². The summed E-state index contributed by atoms with van der Waals surface area (Å²) in [5, 5.41) is 4.08. The summed E-state index contributed by atoms with van der Waals surface area (Å²) in [7, 11) is -3.80. The van der Waals surface area contributed by atoms with E-state index >= 15 is 0 Å². The number of rotatable bonds is 11. The van der Waals surface area contributed by atoms with Crippen LogP contribution in [-0.4, -0.2) is 31.4 Å². The normalized spacial score (nSPS) is 11.7. The SMILES string of the molecule is Cc1ccc(S(=O)(=O)OCCOCc2ccc(COc3cnn(C(C)C)c(=O)c3Cl)cc2)cc1. The van der Waals surface area contributed by atoms with Crippen molar-refractivity contribution in [3.05, 3.63) is 86.8 Å². The number of aromatic nitrogens is 2. The molecule has 0 spiro atoms. The predicted molar refractivity (Wildman–Crippen MR) is 129 cm³/mol. The molecule has 0 saturated heterocycles. The van der Waals surface area contributed by atoms with Gasteiger partial charge in [-0.3, -0.25) is 8.98 Å². The van der Waals surface area contributed by atoms with Crippen LogP contribution in [0.25, 0.3) is 0 Å². The highest BCUT2D eigenvalue weighted by Gasteiger charge is 2.15. The van der Waals surface area contributed by atoms with Gasteiger partial charge in [0.2, 0.25) is 0 Å². The largest absolute Gasteiger partial charge is 0.485 e. The molecule has 0 bridgehead atoms. The molecule has 1 aromatic heterocycles. The molecule has 0 aliphatic carbocycles. The second-order valence-corrected chi connectivity index (χ2v) is 9.91. The summed E-state index contributed by atoms with van der Waals surface area (Å²) >= 11 is 6.12. The molecule has 0 atom stereocenters. The Kier molecular flexibility index (Phi) is 8.84. The molecule has 0 aliphatic heterocycles. The Hall–Kier alpha value is -2.72. The first kappa shape index (κ1) is 25.9. The van der Waals surface area contributed by atoms with Gasteiger partial charge in [0.15, 0.2) is 10.8 Å². The lowest BCUT2D eigenvalue weighted by molar-refractivity contribution is 0.0907. The first-order valence-electron chi connectivity index (χ1n) is 10.7. The molecule has 1 heterocycles. The van der Waals surface area contributed by atoms with Crippen molar-refractivity contribution in [2.45, 2.75) is 44.9 Å². The van der Waals surface area contributed by atoms with Crippen LogP contribution in [0.2, 0.25) is 5.02 Å². The lowest BCUT2D eigenvalue weighted by Crippen LogP contribution is -2.25. The minimum atomic E-state index is -3.80. The van der Waals surface area contributed by atoms with E-state index in [4.69, 9.17) is 25.3 Å². The molecule has 0 saturated carbocycles. The van der Waals surface area contributed by atoms with E-state index in [1.165, 1.54) is 23.0 Å². The first-order chi connectivity index (χ1) is 16.2. The van der Waals surface area contributed by atoms with Crippen LogP contribution in [0, 0.1) is 6.92 Å². The maximum atomic E-state index is 12.2. The van der Waals surface area contributed by atoms with Gasteiger partial charge in [-0.1, -0.05) is 53.6 Å². The molecule has 8 nitrogen and oxygen atoms in total. The van der Waals surface area contributed by atoms with E-state index in [-0.39, 0.29) is 41.5 Å². The smallest absolute Gasteiger partial charge is 0.297 e. The molecule has 0 unspecified atom stereocenters. The molecular weight excluding hydrogens is 480 g/mol. The highest BCUT2D eigenvalue weighted by Crippen LogP contribution is 2.21. The third kappa shape index (κ3) is 6.89. The average molecular weight is 507 g/mol. The van der Waals surface area contributed by atoms with Crippen molar-refractivity contribution in [3.63, 3.8) is 0 Å². The molecule has 0 amide bonds. The van der Waals surface area contributed by atoms with Gasteiger partial charge < -0.3 is 9.47 Å². The van der Waals surface area contributed by atoms with Crippen molar-refractivity contribution in [3.8, 4) is 5.75 Å². The third-order valence-corrected chi connectivity index (χ3v) is 6.54. The van der Waals surface area contributed by atoms with Gasteiger partial charge in [-0.05, 0) is 44.0 Å². The Morgan fingerprint density at radius 1 is 0.971 bits per heavy atom. The standard InChI is InChI=1S/C24H27ClN2O6S/c1-17(2)27-24(28)23(25)22(14-26-27)32-16-20-8-6-19(7-9-20)15-31-12-13-33-34(29,30)21-10-4-18(3)5-11-21/h4-11,14,17H,12-13,15-16H2,1-3H3. The van der Waals surface area contributed by atoms with E-state index in [1.54, 1.807) is 12.1 Å². The molecule has 0 aliphatic rings. The van der Waals surface area contributed by atoms with Gasteiger partial charge in [-0.2, -0.15) is 13.5 Å². The summed E-state index contributed by atoms with van der Waals surface area (Å²) in [5.74, 6) is 0.233. The second-order valence-electron chi connectivity index (χ2n) is 7.91. The number of hydrogen-bond acceptors (Lipinski definition) is 7. The fraction of sp³-hybridized carbons (Fsp3) is 0.333. The summed E-state index contributed by atoms with van der Waals surface area (Å²) in [6.45, 7) is 6.14. The van der Waals surface area contributed by atoms with Gasteiger partial charge in [-0.15, -0.1) is 0 Å². The third-order valence-electron chi connectivity index (χ3n) is 4.86. The molecule has 0 fully saturated rings. The van der Waals surface area contributed by atoms with E-state index in [1.807, 2.05) is 45.0 Å². The summed E-state index contributed by atoms with van der Waals surface area (Å²) in [5.41, 5.74) is 2.36. The van der Waals surface area contributed by atoms with E-state index in [0.29, 0.717) is 6.61 Å². The highest BCUT2D eigenvalue weighted by molar-refractivity contribution is 7.86. The van der Waals surface area contributed by atoms with Crippen LogP contribution in [0.15, 0.2) is 64.4 Å².